The molecule has 0 bridgehead atoms. The predicted octanol–water partition coefficient (Wildman–Crippen LogP) is 1.72. The first-order chi connectivity index (χ1) is 5.65. The Labute approximate surface area is 81.1 Å². The molecule has 0 fully saturated rings. The van der Waals surface area contributed by atoms with Crippen LogP contribution in [0.3, 0.4) is 0 Å². The summed E-state index contributed by atoms with van der Waals surface area (Å²) in [5, 5.41) is 0. The molecule has 0 aliphatic heterocycles. The second kappa shape index (κ2) is 4.03. The molecule has 0 unspecified atom stereocenters. The van der Waals surface area contributed by atoms with Gasteiger partial charge in [0, 0.05) is 17.1 Å². The third-order valence-corrected chi connectivity index (χ3v) is 2.73. The summed E-state index contributed by atoms with van der Waals surface area (Å²) in [6.07, 6.45) is 0. The van der Waals surface area contributed by atoms with Crippen LogP contribution in [0.4, 0.5) is 0 Å². The van der Waals surface area contributed by atoms with Crippen molar-refractivity contribution in [2.75, 3.05) is 6.54 Å². The van der Waals surface area contributed by atoms with E-state index in [1.165, 1.54) is 5.56 Å². The minimum Gasteiger partial charge on any atom is -0.329 e. The van der Waals surface area contributed by atoms with E-state index in [4.69, 9.17) is 11.5 Å². The SMILES string of the molecule is Cc1ccc([C@H](N)CN)cc1Br. The van der Waals surface area contributed by atoms with E-state index in [1.54, 1.807) is 0 Å². The van der Waals surface area contributed by atoms with Crippen molar-refractivity contribution < 1.29 is 0 Å². The van der Waals surface area contributed by atoms with E-state index in [0.717, 1.165) is 10.0 Å². The number of benzene rings is 1. The standard InChI is InChI=1S/C9H13BrN2/c1-6-2-3-7(4-8(6)10)9(12)5-11/h2-4,9H,5,11-12H2,1H3/t9-/m1/s1. The van der Waals surface area contributed by atoms with Gasteiger partial charge in [0.2, 0.25) is 0 Å². The van der Waals surface area contributed by atoms with Crippen molar-refractivity contribution >= 4 is 15.9 Å². The Hall–Kier alpha value is -0.380. The summed E-state index contributed by atoms with van der Waals surface area (Å²) in [6, 6.07) is 6.02. The van der Waals surface area contributed by atoms with E-state index in [0.29, 0.717) is 6.54 Å². The van der Waals surface area contributed by atoms with Gasteiger partial charge in [-0.3, -0.25) is 0 Å². The molecule has 1 atom stereocenters. The van der Waals surface area contributed by atoms with E-state index in [2.05, 4.69) is 15.9 Å². The first-order valence-corrected chi connectivity index (χ1v) is 4.66. The molecule has 0 saturated carbocycles. The van der Waals surface area contributed by atoms with E-state index >= 15 is 0 Å². The molecule has 3 heteroatoms. The molecule has 66 valence electrons. The first kappa shape index (κ1) is 9.71. The van der Waals surface area contributed by atoms with Crippen LogP contribution < -0.4 is 11.5 Å². The molecule has 0 amide bonds. The Bertz CT molecular complexity index is 273. The summed E-state index contributed by atoms with van der Waals surface area (Å²) < 4.78 is 1.09. The average molecular weight is 229 g/mol. The topological polar surface area (TPSA) is 52.0 Å². The van der Waals surface area contributed by atoms with Crippen LogP contribution in [-0.4, -0.2) is 6.54 Å². The zero-order chi connectivity index (χ0) is 9.14. The van der Waals surface area contributed by atoms with Crippen LogP contribution in [0.25, 0.3) is 0 Å². The summed E-state index contributed by atoms with van der Waals surface area (Å²) in [6.45, 7) is 2.53. The van der Waals surface area contributed by atoms with E-state index in [1.807, 2.05) is 25.1 Å². The fourth-order valence-corrected chi connectivity index (χ4v) is 1.37. The molecule has 0 radical (unpaired) electrons. The average Bonchev–Trinajstić information content (AvgIpc) is 2.08. The van der Waals surface area contributed by atoms with Gasteiger partial charge in [-0.1, -0.05) is 28.1 Å². The molecule has 0 spiro atoms. The van der Waals surface area contributed by atoms with Crippen molar-refractivity contribution in [2.45, 2.75) is 13.0 Å². The molecular weight excluding hydrogens is 216 g/mol. The lowest BCUT2D eigenvalue weighted by molar-refractivity contribution is 0.736. The van der Waals surface area contributed by atoms with Crippen LogP contribution in [0.15, 0.2) is 22.7 Å². The van der Waals surface area contributed by atoms with Gasteiger partial charge in [-0.25, -0.2) is 0 Å². The van der Waals surface area contributed by atoms with Crippen LogP contribution in [0, 0.1) is 6.92 Å². The molecule has 0 saturated heterocycles. The van der Waals surface area contributed by atoms with Crippen LogP contribution >= 0.6 is 15.9 Å². The van der Waals surface area contributed by atoms with E-state index < -0.39 is 0 Å². The van der Waals surface area contributed by atoms with Crippen LogP contribution in [0.5, 0.6) is 0 Å². The van der Waals surface area contributed by atoms with Crippen molar-refractivity contribution in [3.05, 3.63) is 33.8 Å². The van der Waals surface area contributed by atoms with Crippen molar-refractivity contribution in [3.8, 4) is 0 Å². The molecule has 12 heavy (non-hydrogen) atoms. The van der Waals surface area contributed by atoms with Gasteiger partial charge in [-0.15, -0.1) is 0 Å². The third kappa shape index (κ3) is 2.06. The highest BCUT2D eigenvalue weighted by molar-refractivity contribution is 9.10. The van der Waals surface area contributed by atoms with Crippen molar-refractivity contribution in [3.63, 3.8) is 0 Å². The largest absolute Gasteiger partial charge is 0.329 e. The van der Waals surface area contributed by atoms with Crippen LogP contribution in [0.2, 0.25) is 0 Å². The second-order valence-electron chi connectivity index (χ2n) is 2.85. The molecule has 0 aliphatic carbocycles. The maximum Gasteiger partial charge on any atom is 0.0419 e. The molecule has 4 N–H and O–H groups in total. The zero-order valence-electron chi connectivity index (χ0n) is 7.05. The van der Waals surface area contributed by atoms with Gasteiger partial charge >= 0.3 is 0 Å². The smallest absolute Gasteiger partial charge is 0.0419 e. The summed E-state index contributed by atoms with van der Waals surface area (Å²) in [5.74, 6) is 0. The number of nitrogens with two attached hydrogens (primary N) is 2. The summed E-state index contributed by atoms with van der Waals surface area (Å²) >= 11 is 3.45. The molecule has 2 nitrogen and oxygen atoms in total. The highest BCUT2D eigenvalue weighted by Crippen LogP contribution is 2.20. The van der Waals surface area contributed by atoms with Gasteiger partial charge < -0.3 is 11.5 Å². The lowest BCUT2D eigenvalue weighted by Crippen LogP contribution is -2.20. The summed E-state index contributed by atoms with van der Waals surface area (Å²) in [4.78, 5) is 0. The molecule has 0 heterocycles. The van der Waals surface area contributed by atoms with Gasteiger partial charge in [-0.05, 0) is 24.1 Å². The van der Waals surface area contributed by atoms with Gasteiger partial charge in [0.1, 0.15) is 0 Å². The summed E-state index contributed by atoms with van der Waals surface area (Å²) in [5.41, 5.74) is 13.5. The first-order valence-electron chi connectivity index (χ1n) is 3.87. The fraction of sp³-hybridized carbons (Fsp3) is 0.333. The lowest BCUT2D eigenvalue weighted by Gasteiger charge is -2.09. The van der Waals surface area contributed by atoms with Crippen LogP contribution in [0.1, 0.15) is 17.2 Å². The van der Waals surface area contributed by atoms with Gasteiger partial charge in [-0.2, -0.15) is 0 Å². The number of rotatable bonds is 2. The van der Waals surface area contributed by atoms with Crippen molar-refractivity contribution in [1.82, 2.24) is 0 Å². The highest BCUT2D eigenvalue weighted by atomic mass is 79.9. The third-order valence-electron chi connectivity index (χ3n) is 1.88. The molecule has 0 aliphatic rings. The monoisotopic (exact) mass is 228 g/mol. The molecular formula is C9H13BrN2. The van der Waals surface area contributed by atoms with Gasteiger partial charge in [0.15, 0.2) is 0 Å². The number of halogens is 1. The molecule has 0 aromatic heterocycles. The summed E-state index contributed by atoms with van der Waals surface area (Å²) in [7, 11) is 0. The van der Waals surface area contributed by atoms with Gasteiger partial charge in [0.25, 0.3) is 0 Å². The van der Waals surface area contributed by atoms with E-state index in [-0.39, 0.29) is 6.04 Å². The quantitative estimate of drug-likeness (QED) is 0.811. The Kier molecular flexibility index (Phi) is 3.26. The Morgan fingerprint density at radius 3 is 2.67 bits per heavy atom. The maximum atomic E-state index is 5.77. The highest BCUT2D eigenvalue weighted by Gasteiger charge is 2.04. The van der Waals surface area contributed by atoms with Gasteiger partial charge in [0.05, 0.1) is 0 Å². The molecule has 1 aromatic carbocycles. The van der Waals surface area contributed by atoms with Crippen molar-refractivity contribution in [1.29, 1.82) is 0 Å². The minimum absolute atomic E-state index is 0.0538. The normalized spacial score (nSPS) is 13.0. The predicted molar refractivity (Wildman–Crippen MR) is 54.9 cm³/mol. The zero-order valence-corrected chi connectivity index (χ0v) is 8.64. The fourth-order valence-electron chi connectivity index (χ4n) is 0.976. The second-order valence-corrected chi connectivity index (χ2v) is 3.71. The Morgan fingerprint density at radius 1 is 1.50 bits per heavy atom. The molecule has 1 rings (SSSR count). The van der Waals surface area contributed by atoms with Crippen molar-refractivity contribution in [2.24, 2.45) is 11.5 Å². The number of hydrogen-bond donors (Lipinski definition) is 2. The number of aryl methyl sites for hydroxylation is 1. The van der Waals surface area contributed by atoms with Crippen LogP contribution in [-0.2, 0) is 0 Å². The Balaban J connectivity index is 2.96. The Morgan fingerprint density at radius 2 is 2.17 bits per heavy atom. The maximum absolute atomic E-state index is 5.77. The molecule has 1 aromatic rings. The number of hydrogen-bond acceptors (Lipinski definition) is 2. The lowest BCUT2D eigenvalue weighted by atomic mass is 10.1. The minimum atomic E-state index is -0.0538. The van der Waals surface area contributed by atoms with E-state index in [9.17, 15) is 0 Å².